The summed E-state index contributed by atoms with van der Waals surface area (Å²) < 4.78 is 33.1. The molecule has 17 heavy (non-hydrogen) atoms. The van der Waals surface area contributed by atoms with E-state index in [0.717, 1.165) is 26.2 Å². The van der Waals surface area contributed by atoms with Gasteiger partial charge in [-0.15, -0.1) is 0 Å². The highest BCUT2D eigenvalue weighted by atomic mass is 127. The fourth-order valence-corrected chi connectivity index (χ4v) is 2.09. The summed E-state index contributed by atoms with van der Waals surface area (Å²) in [6.45, 7) is 0. The summed E-state index contributed by atoms with van der Waals surface area (Å²) in [5, 5.41) is 0. The SMILES string of the molecule is Fc1cc(F)cc(Oc2cccc(Br)c2I)c1. The molecule has 2 aromatic rings. The van der Waals surface area contributed by atoms with E-state index in [1.807, 2.05) is 6.07 Å². The van der Waals surface area contributed by atoms with Gasteiger partial charge in [0.25, 0.3) is 0 Å². The average molecular weight is 411 g/mol. The van der Waals surface area contributed by atoms with Crippen LogP contribution >= 0.6 is 38.5 Å². The van der Waals surface area contributed by atoms with Gasteiger partial charge in [-0.3, -0.25) is 0 Å². The Morgan fingerprint density at radius 3 is 2.35 bits per heavy atom. The van der Waals surface area contributed by atoms with Crippen molar-refractivity contribution in [2.45, 2.75) is 0 Å². The molecule has 0 saturated heterocycles. The number of hydrogen-bond donors (Lipinski definition) is 0. The van der Waals surface area contributed by atoms with Crippen LogP contribution in [0.15, 0.2) is 40.9 Å². The van der Waals surface area contributed by atoms with E-state index in [-0.39, 0.29) is 5.75 Å². The van der Waals surface area contributed by atoms with Gasteiger partial charge in [-0.25, -0.2) is 8.78 Å². The summed E-state index contributed by atoms with van der Waals surface area (Å²) in [6, 6.07) is 8.46. The molecule has 0 amide bonds. The van der Waals surface area contributed by atoms with Crippen LogP contribution in [0.1, 0.15) is 0 Å². The molecule has 0 aliphatic rings. The van der Waals surface area contributed by atoms with Gasteiger partial charge in [0.2, 0.25) is 0 Å². The zero-order valence-electron chi connectivity index (χ0n) is 8.38. The van der Waals surface area contributed by atoms with Crippen LogP contribution in [0.5, 0.6) is 11.5 Å². The lowest BCUT2D eigenvalue weighted by molar-refractivity contribution is 0.465. The van der Waals surface area contributed by atoms with Crippen molar-refractivity contribution in [3.05, 3.63) is 56.1 Å². The minimum Gasteiger partial charge on any atom is -0.456 e. The Labute approximate surface area is 119 Å². The number of halogens is 4. The molecule has 1 nitrogen and oxygen atoms in total. The molecule has 2 aromatic carbocycles. The van der Waals surface area contributed by atoms with E-state index in [1.54, 1.807) is 12.1 Å². The predicted molar refractivity (Wildman–Crippen MR) is 73.3 cm³/mol. The number of ether oxygens (including phenoxy) is 1. The molecule has 2 rings (SSSR count). The molecule has 0 bridgehead atoms. The molecule has 0 saturated carbocycles. The maximum absolute atomic E-state index is 13.0. The van der Waals surface area contributed by atoms with Crippen LogP contribution in [0.25, 0.3) is 0 Å². The van der Waals surface area contributed by atoms with Crippen LogP contribution < -0.4 is 4.74 Å². The Kier molecular flexibility index (Phi) is 3.98. The van der Waals surface area contributed by atoms with E-state index in [1.165, 1.54) is 0 Å². The number of benzene rings is 2. The summed E-state index contributed by atoms with van der Waals surface area (Å²) in [6.07, 6.45) is 0. The third-order valence-corrected chi connectivity index (χ3v) is 4.49. The zero-order valence-corrected chi connectivity index (χ0v) is 12.1. The van der Waals surface area contributed by atoms with Gasteiger partial charge in [0.15, 0.2) is 0 Å². The van der Waals surface area contributed by atoms with Crippen molar-refractivity contribution in [2.24, 2.45) is 0 Å². The summed E-state index contributed by atoms with van der Waals surface area (Å²) in [5.74, 6) is -0.640. The standard InChI is InChI=1S/C12H6BrF2IO/c13-10-2-1-3-11(12(10)16)17-9-5-7(14)4-8(15)6-9/h1-6H. The highest BCUT2D eigenvalue weighted by Gasteiger charge is 2.07. The average Bonchev–Trinajstić information content (AvgIpc) is 2.23. The van der Waals surface area contributed by atoms with E-state index in [4.69, 9.17) is 4.74 Å². The fraction of sp³-hybridized carbons (Fsp3) is 0. The Hall–Kier alpha value is -0.690. The molecule has 0 aromatic heterocycles. The second-order valence-electron chi connectivity index (χ2n) is 3.26. The Morgan fingerprint density at radius 2 is 1.71 bits per heavy atom. The van der Waals surface area contributed by atoms with E-state index in [9.17, 15) is 8.78 Å². The van der Waals surface area contributed by atoms with Crippen LogP contribution in [-0.2, 0) is 0 Å². The lowest BCUT2D eigenvalue weighted by atomic mass is 10.3. The lowest BCUT2D eigenvalue weighted by Gasteiger charge is -2.08. The summed E-state index contributed by atoms with van der Waals surface area (Å²) in [7, 11) is 0. The molecule has 88 valence electrons. The highest BCUT2D eigenvalue weighted by Crippen LogP contribution is 2.32. The van der Waals surface area contributed by atoms with Gasteiger partial charge in [0.05, 0.1) is 3.57 Å². The summed E-state index contributed by atoms with van der Waals surface area (Å²) in [5.41, 5.74) is 0. The number of rotatable bonds is 2. The Morgan fingerprint density at radius 1 is 1.06 bits per heavy atom. The summed E-state index contributed by atoms with van der Waals surface area (Å²) in [4.78, 5) is 0. The number of hydrogen-bond acceptors (Lipinski definition) is 1. The van der Waals surface area contributed by atoms with Gasteiger partial charge in [0, 0.05) is 22.7 Å². The Balaban J connectivity index is 2.34. The van der Waals surface area contributed by atoms with Crippen molar-refractivity contribution in [3.63, 3.8) is 0 Å². The van der Waals surface area contributed by atoms with Crippen LogP contribution in [0.2, 0.25) is 0 Å². The van der Waals surface area contributed by atoms with Crippen LogP contribution in [0.3, 0.4) is 0 Å². The van der Waals surface area contributed by atoms with Crippen molar-refractivity contribution in [3.8, 4) is 11.5 Å². The highest BCUT2D eigenvalue weighted by molar-refractivity contribution is 14.1. The van der Waals surface area contributed by atoms with Crippen LogP contribution in [-0.4, -0.2) is 0 Å². The van der Waals surface area contributed by atoms with Crippen molar-refractivity contribution in [1.82, 2.24) is 0 Å². The molecule has 0 aliphatic carbocycles. The van der Waals surface area contributed by atoms with E-state index in [2.05, 4.69) is 38.5 Å². The quantitative estimate of drug-likeness (QED) is 0.624. The summed E-state index contributed by atoms with van der Waals surface area (Å²) >= 11 is 5.44. The maximum Gasteiger partial charge on any atom is 0.141 e. The second-order valence-corrected chi connectivity index (χ2v) is 5.19. The molecule has 0 N–H and O–H groups in total. The first-order valence-electron chi connectivity index (χ1n) is 4.64. The molecule has 0 aliphatic heterocycles. The topological polar surface area (TPSA) is 9.23 Å². The van der Waals surface area contributed by atoms with Gasteiger partial charge >= 0.3 is 0 Å². The van der Waals surface area contributed by atoms with Gasteiger partial charge in [-0.2, -0.15) is 0 Å². The molecule has 0 fully saturated rings. The second kappa shape index (κ2) is 5.30. The molecular weight excluding hydrogens is 405 g/mol. The van der Waals surface area contributed by atoms with Crippen LogP contribution in [0, 0.1) is 15.2 Å². The molecule has 0 unspecified atom stereocenters. The first kappa shape index (κ1) is 12.8. The van der Waals surface area contributed by atoms with Crippen molar-refractivity contribution < 1.29 is 13.5 Å². The van der Waals surface area contributed by atoms with Gasteiger partial charge < -0.3 is 4.74 Å². The predicted octanol–water partition coefficient (Wildman–Crippen LogP) is 5.12. The molecule has 5 heteroatoms. The fourth-order valence-electron chi connectivity index (χ4n) is 1.28. The zero-order chi connectivity index (χ0) is 12.4. The van der Waals surface area contributed by atoms with E-state index >= 15 is 0 Å². The normalized spacial score (nSPS) is 10.4. The molecule has 0 spiro atoms. The first-order valence-corrected chi connectivity index (χ1v) is 6.51. The molecule has 0 radical (unpaired) electrons. The molecule has 0 heterocycles. The van der Waals surface area contributed by atoms with Gasteiger partial charge in [0.1, 0.15) is 23.1 Å². The third kappa shape index (κ3) is 3.16. The minimum atomic E-state index is -0.662. The van der Waals surface area contributed by atoms with Crippen molar-refractivity contribution >= 4 is 38.5 Å². The molecular formula is C12H6BrF2IO. The van der Waals surface area contributed by atoms with Crippen molar-refractivity contribution in [2.75, 3.05) is 0 Å². The van der Waals surface area contributed by atoms with Crippen molar-refractivity contribution in [1.29, 1.82) is 0 Å². The smallest absolute Gasteiger partial charge is 0.141 e. The Bertz CT molecular complexity index is 540. The van der Waals surface area contributed by atoms with E-state index < -0.39 is 11.6 Å². The first-order chi connectivity index (χ1) is 8.06. The minimum absolute atomic E-state index is 0.138. The van der Waals surface area contributed by atoms with Crippen LogP contribution in [0.4, 0.5) is 8.78 Å². The van der Waals surface area contributed by atoms with Gasteiger partial charge in [-0.1, -0.05) is 6.07 Å². The van der Waals surface area contributed by atoms with Gasteiger partial charge in [-0.05, 0) is 50.7 Å². The lowest BCUT2D eigenvalue weighted by Crippen LogP contribution is -1.90. The largest absolute Gasteiger partial charge is 0.456 e. The van der Waals surface area contributed by atoms with E-state index in [0.29, 0.717) is 5.75 Å². The maximum atomic E-state index is 13.0. The molecule has 0 atom stereocenters. The monoisotopic (exact) mass is 410 g/mol. The third-order valence-electron chi connectivity index (χ3n) is 1.98.